The van der Waals surface area contributed by atoms with Crippen molar-refractivity contribution < 1.29 is 9.53 Å². The Morgan fingerprint density at radius 3 is 2.39 bits per heavy atom. The molecule has 1 amide bonds. The molecule has 6 nitrogen and oxygen atoms in total. The Labute approximate surface area is 199 Å². The molecule has 5 rings (SSSR count). The number of methoxy groups -OCH3 is 1. The Balaban J connectivity index is 1.55. The normalized spacial score (nSPS) is 10.8. The van der Waals surface area contributed by atoms with Crippen molar-refractivity contribution in [2.45, 2.75) is 0 Å². The van der Waals surface area contributed by atoms with Crippen LogP contribution in [0, 0.1) is 0 Å². The van der Waals surface area contributed by atoms with Crippen molar-refractivity contribution in [2.24, 2.45) is 0 Å². The van der Waals surface area contributed by atoms with Gasteiger partial charge in [-0.3, -0.25) is 4.79 Å². The zero-order chi connectivity index (χ0) is 22.8. The van der Waals surface area contributed by atoms with Gasteiger partial charge in [-0.15, -0.1) is 5.10 Å². The predicted molar refractivity (Wildman–Crippen MR) is 133 cm³/mol. The molecule has 0 radical (unpaired) electrons. The molecule has 7 heteroatoms. The quantitative estimate of drug-likeness (QED) is 0.317. The summed E-state index contributed by atoms with van der Waals surface area (Å²) in [5, 5.41) is 9.52. The average molecular weight is 499 g/mol. The van der Waals surface area contributed by atoms with Gasteiger partial charge < -0.3 is 10.1 Å². The van der Waals surface area contributed by atoms with Crippen molar-refractivity contribution in [2.75, 3.05) is 12.4 Å². The maximum Gasteiger partial charge on any atom is 0.295 e. The van der Waals surface area contributed by atoms with Gasteiger partial charge in [0, 0.05) is 21.1 Å². The van der Waals surface area contributed by atoms with Crippen LogP contribution in [0.25, 0.3) is 27.8 Å². The molecule has 0 aliphatic heterocycles. The number of carbonyl (C=O) groups excluding carboxylic acids is 1. The predicted octanol–water partition coefficient (Wildman–Crippen LogP) is 6.11. The van der Waals surface area contributed by atoms with Crippen molar-refractivity contribution in [3.8, 4) is 22.8 Å². The van der Waals surface area contributed by atoms with Gasteiger partial charge >= 0.3 is 0 Å². The average Bonchev–Trinajstić information content (AvgIpc) is 3.30. The molecule has 0 bridgehead atoms. The second-order valence-electron chi connectivity index (χ2n) is 7.36. The summed E-state index contributed by atoms with van der Waals surface area (Å²) in [5.41, 5.74) is 2.32. The van der Waals surface area contributed by atoms with Crippen molar-refractivity contribution >= 4 is 38.3 Å². The molecule has 5 aromatic rings. The first-order valence-electron chi connectivity index (χ1n) is 10.3. The second-order valence-corrected chi connectivity index (χ2v) is 8.27. The molecule has 0 aliphatic carbocycles. The summed E-state index contributed by atoms with van der Waals surface area (Å²) < 4.78 is 7.89. The maximum atomic E-state index is 13.2. The van der Waals surface area contributed by atoms with Crippen LogP contribution >= 0.6 is 15.9 Å². The molecule has 0 atom stereocenters. The first-order valence-corrected chi connectivity index (χ1v) is 11.1. The van der Waals surface area contributed by atoms with Crippen LogP contribution in [0.15, 0.2) is 95.5 Å². The number of ether oxygens (including phenoxy) is 1. The first kappa shape index (κ1) is 20.9. The fraction of sp³-hybridized carbons (Fsp3) is 0.0385. The molecule has 0 aliphatic rings. The van der Waals surface area contributed by atoms with Gasteiger partial charge in [0.1, 0.15) is 5.75 Å². The molecule has 0 saturated carbocycles. The van der Waals surface area contributed by atoms with Crippen LogP contribution in [0.2, 0.25) is 0 Å². The number of nitrogens with one attached hydrogen (secondary N) is 1. The lowest BCUT2D eigenvalue weighted by molar-refractivity contribution is 0.101. The number of rotatable bonds is 5. The van der Waals surface area contributed by atoms with Gasteiger partial charge in [-0.1, -0.05) is 64.5 Å². The molecular weight excluding hydrogens is 480 g/mol. The molecule has 33 heavy (non-hydrogen) atoms. The molecule has 4 aromatic carbocycles. The lowest BCUT2D eigenvalue weighted by Gasteiger charge is -2.07. The summed E-state index contributed by atoms with van der Waals surface area (Å²) in [6, 6.07) is 28.8. The topological polar surface area (TPSA) is 69.0 Å². The molecule has 0 fully saturated rings. The number of hydrogen-bond acceptors (Lipinski definition) is 4. The summed E-state index contributed by atoms with van der Waals surface area (Å²) in [4.78, 5) is 17.8. The first-order chi connectivity index (χ1) is 16.1. The summed E-state index contributed by atoms with van der Waals surface area (Å²) >= 11 is 3.46. The molecule has 0 spiro atoms. The van der Waals surface area contributed by atoms with Gasteiger partial charge in [0.05, 0.1) is 12.8 Å². The molecular formula is C26H19BrN4O2. The van der Waals surface area contributed by atoms with Gasteiger partial charge in [0.2, 0.25) is 5.82 Å². The minimum absolute atomic E-state index is 0.0803. The number of anilines is 1. The van der Waals surface area contributed by atoms with E-state index < -0.39 is 0 Å². The molecule has 0 saturated heterocycles. The number of benzene rings is 4. The molecule has 1 N–H and O–H groups in total. The molecule has 1 heterocycles. The number of halogens is 1. The number of nitrogens with zero attached hydrogens (tertiary/aromatic N) is 3. The van der Waals surface area contributed by atoms with E-state index in [2.05, 4.69) is 31.3 Å². The van der Waals surface area contributed by atoms with E-state index in [1.165, 1.54) is 0 Å². The van der Waals surface area contributed by atoms with Crippen LogP contribution in [-0.4, -0.2) is 27.8 Å². The maximum absolute atomic E-state index is 13.2. The van der Waals surface area contributed by atoms with Gasteiger partial charge in [0.15, 0.2) is 5.82 Å². The van der Waals surface area contributed by atoms with E-state index >= 15 is 0 Å². The van der Waals surface area contributed by atoms with E-state index in [-0.39, 0.29) is 11.7 Å². The fourth-order valence-corrected chi connectivity index (χ4v) is 3.87. The standard InChI is InChI=1S/C26H19BrN4O2/c1-33-21-15-13-20(14-16-21)31-25(18-9-11-19(27)12-10-18)29-24(30-31)26(32)28-23-8-4-6-17-5-2-3-7-22(17)23/h2-16H,1H3,(H,28,32). The molecule has 0 unspecified atom stereocenters. The van der Waals surface area contributed by atoms with Crippen molar-refractivity contribution in [1.82, 2.24) is 14.8 Å². The van der Waals surface area contributed by atoms with Gasteiger partial charge in [-0.05, 0) is 47.9 Å². The monoisotopic (exact) mass is 498 g/mol. The van der Waals surface area contributed by atoms with E-state index in [9.17, 15) is 4.79 Å². The minimum atomic E-state index is -0.378. The van der Waals surface area contributed by atoms with E-state index in [4.69, 9.17) is 4.74 Å². The van der Waals surface area contributed by atoms with Gasteiger partial charge in [0.25, 0.3) is 5.91 Å². The van der Waals surface area contributed by atoms with Crippen LogP contribution < -0.4 is 10.1 Å². The summed E-state index contributed by atoms with van der Waals surface area (Å²) in [6.07, 6.45) is 0. The van der Waals surface area contributed by atoms with E-state index in [0.29, 0.717) is 11.5 Å². The zero-order valence-corrected chi connectivity index (χ0v) is 19.3. The third-order valence-electron chi connectivity index (χ3n) is 5.27. The highest BCUT2D eigenvalue weighted by atomic mass is 79.9. The Morgan fingerprint density at radius 1 is 0.909 bits per heavy atom. The smallest absolute Gasteiger partial charge is 0.295 e. The van der Waals surface area contributed by atoms with Gasteiger partial charge in [-0.2, -0.15) is 0 Å². The number of fused-ring (bicyclic) bond motifs is 1. The Hall–Kier alpha value is -3.97. The highest BCUT2D eigenvalue weighted by Gasteiger charge is 2.19. The number of aromatic nitrogens is 3. The summed E-state index contributed by atoms with van der Waals surface area (Å²) in [6.45, 7) is 0. The van der Waals surface area contributed by atoms with Crippen LogP contribution in [0.5, 0.6) is 5.75 Å². The Kier molecular flexibility index (Phi) is 5.62. The molecule has 162 valence electrons. The largest absolute Gasteiger partial charge is 0.497 e. The third-order valence-corrected chi connectivity index (χ3v) is 5.80. The van der Waals surface area contributed by atoms with Crippen LogP contribution in [0.3, 0.4) is 0 Å². The highest BCUT2D eigenvalue weighted by Crippen LogP contribution is 2.26. The second kappa shape index (κ2) is 8.88. The Bertz CT molecular complexity index is 1440. The summed E-state index contributed by atoms with van der Waals surface area (Å²) in [5.74, 6) is 1.00. The van der Waals surface area contributed by atoms with E-state index in [0.717, 1.165) is 32.2 Å². The zero-order valence-electron chi connectivity index (χ0n) is 17.7. The van der Waals surface area contributed by atoms with E-state index in [1.54, 1.807) is 11.8 Å². The third kappa shape index (κ3) is 4.23. The van der Waals surface area contributed by atoms with Crippen molar-refractivity contribution in [3.05, 3.63) is 101 Å². The SMILES string of the molecule is COc1ccc(-n2nc(C(=O)Nc3cccc4ccccc34)nc2-c2ccc(Br)cc2)cc1. The summed E-state index contributed by atoms with van der Waals surface area (Å²) in [7, 11) is 1.62. The highest BCUT2D eigenvalue weighted by molar-refractivity contribution is 9.10. The Morgan fingerprint density at radius 2 is 1.64 bits per heavy atom. The molecule has 1 aromatic heterocycles. The van der Waals surface area contributed by atoms with E-state index in [1.807, 2.05) is 91.0 Å². The lowest BCUT2D eigenvalue weighted by atomic mass is 10.1. The van der Waals surface area contributed by atoms with Crippen molar-refractivity contribution in [3.63, 3.8) is 0 Å². The lowest BCUT2D eigenvalue weighted by Crippen LogP contribution is -2.14. The van der Waals surface area contributed by atoms with Gasteiger partial charge in [-0.25, -0.2) is 9.67 Å². The van der Waals surface area contributed by atoms with Crippen LogP contribution in [0.4, 0.5) is 5.69 Å². The van der Waals surface area contributed by atoms with Crippen LogP contribution in [0.1, 0.15) is 10.6 Å². The van der Waals surface area contributed by atoms with Crippen LogP contribution in [-0.2, 0) is 0 Å². The number of hydrogen-bond donors (Lipinski definition) is 1. The van der Waals surface area contributed by atoms with Crippen molar-refractivity contribution in [1.29, 1.82) is 0 Å². The minimum Gasteiger partial charge on any atom is -0.497 e. The number of carbonyl (C=O) groups is 1. The number of amides is 1. The fourth-order valence-electron chi connectivity index (χ4n) is 3.61.